The fraction of sp³-hybridized carbons (Fsp3) is 0.684. The third-order valence-electron chi connectivity index (χ3n) is 4.22. The fourth-order valence-electron chi connectivity index (χ4n) is 2.82. The topological polar surface area (TPSA) is 42.4 Å². The molecule has 4 nitrogen and oxygen atoms in total. The van der Waals surface area contributed by atoms with Crippen LogP contribution in [-0.2, 0) is 11.2 Å². The molecule has 0 aromatic carbocycles. The maximum Gasteiger partial charge on any atom is 0.410 e. The SMILES string of the molecule is CC(C)(C)OC(=O)N1CCC(CCSCCc2ccncc2)CC1. The van der Waals surface area contributed by atoms with Crippen LogP contribution in [0.2, 0.25) is 0 Å². The Kier molecular flexibility index (Phi) is 7.40. The van der Waals surface area contributed by atoms with Crippen LogP contribution in [0.4, 0.5) is 4.79 Å². The van der Waals surface area contributed by atoms with Crippen molar-refractivity contribution in [3.8, 4) is 0 Å². The zero-order chi connectivity index (χ0) is 17.4. The van der Waals surface area contributed by atoms with Crippen LogP contribution < -0.4 is 0 Å². The number of likely N-dealkylation sites (tertiary alicyclic amines) is 1. The van der Waals surface area contributed by atoms with E-state index >= 15 is 0 Å². The van der Waals surface area contributed by atoms with Gasteiger partial charge in [-0.25, -0.2) is 4.79 Å². The molecule has 0 bridgehead atoms. The lowest BCUT2D eigenvalue weighted by molar-refractivity contribution is 0.0183. The van der Waals surface area contributed by atoms with E-state index < -0.39 is 5.60 Å². The maximum absolute atomic E-state index is 12.0. The summed E-state index contributed by atoms with van der Waals surface area (Å²) in [5, 5.41) is 0. The number of aryl methyl sites for hydroxylation is 1. The highest BCUT2D eigenvalue weighted by Crippen LogP contribution is 2.24. The van der Waals surface area contributed by atoms with Gasteiger partial charge in [-0.05, 0) is 81.6 Å². The van der Waals surface area contributed by atoms with Gasteiger partial charge in [0.05, 0.1) is 0 Å². The van der Waals surface area contributed by atoms with Crippen molar-refractivity contribution in [1.29, 1.82) is 0 Å². The predicted molar refractivity (Wildman–Crippen MR) is 100 cm³/mol. The summed E-state index contributed by atoms with van der Waals surface area (Å²) in [6, 6.07) is 4.18. The normalized spacial score (nSPS) is 16.2. The highest BCUT2D eigenvalue weighted by molar-refractivity contribution is 7.99. The zero-order valence-electron chi connectivity index (χ0n) is 15.2. The second-order valence-electron chi connectivity index (χ2n) is 7.42. The lowest BCUT2D eigenvalue weighted by Gasteiger charge is -2.33. The van der Waals surface area contributed by atoms with E-state index in [0.717, 1.165) is 38.3 Å². The van der Waals surface area contributed by atoms with Gasteiger partial charge in [0.1, 0.15) is 5.60 Å². The van der Waals surface area contributed by atoms with E-state index in [2.05, 4.69) is 17.1 Å². The molecule has 1 aromatic heterocycles. The lowest BCUT2D eigenvalue weighted by atomic mass is 9.95. The average molecular weight is 351 g/mol. The van der Waals surface area contributed by atoms with E-state index in [1.807, 2.05) is 49.8 Å². The molecule has 0 radical (unpaired) electrons. The summed E-state index contributed by atoms with van der Waals surface area (Å²) in [5.74, 6) is 3.13. The molecule has 1 aliphatic heterocycles. The van der Waals surface area contributed by atoms with Gasteiger partial charge in [-0.2, -0.15) is 11.8 Å². The van der Waals surface area contributed by atoms with Crippen molar-refractivity contribution in [2.24, 2.45) is 5.92 Å². The second kappa shape index (κ2) is 9.30. The van der Waals surface area contributed by atoms with Crippen molar-refractivity contribution in [1.82, 2.24) is 9.88 Å². The highest BCUT2D eigenvalue weighted by Gasteiger charge is 2.26. The molecule has 1 amide bonds. The van der Waals surface area contributed by atoms with Crippen molar-refractivity contribution in [2.45, 2.75) is 52.1 Å². The molecule has 1 saturated heterocycles. The van der Waals surface area contributed by atoms with Crippen LogP contribution >= 0.6 is 11.8 Å². The number of thioether (sulfide) groups is 1. The van der Waals surface area contributed by atoms with Gasteiger partial charge in [0, 0.05) is 25.5 Å². The molecule has 1 aliphatic rings. The first-order chi connectivity index (χ1) is 11.4. The van der Waals surface area contributed by atoms with Crippen molar-refractivity contribution in [2.75, 3.05) is 24.6 Å². The molecule has 0 aliphatic carbocycles. The number of carbonyl (C=O) groups excluding carboxylic acids is 1. The molecule has 1 fully saturated rings. The van der Waals surface area contributed by atoms with Gasteiger partial charge in [-0.15, -0.1) is 0 Å². The van der Waals surface area contributed by atoms with E-state index in [1.54, 1.807) is 0 Å². The van der Waals surface area contributed by atoms with E-state index in [9.17, 15) is 4.79 Å². The Morgan fingerprint density at radius 2 is 1.92 bits per heavy atom. The van der Waals surface area contributed by atoms with E-state index in [1.165, 1.54) is 23.5 Å². The molecule has 5 heteroatoms. The van der Waals surface area contributed by atoms with E-state index in [4.69, 9.17) is 4.74 Å². The Bertz CT molecular complexity index is 494. The van der Waals surface area contributed by atoms with Crippen molar-refractivity contribution < 1.29 is 9.53 Å². The first-order valence-corrected chi connectivity index (χ1v) is 10.0. The van der Waals surface area contributed by atoms with Gasteiger partial charge in [0.25, 0.3) is 0 Å². The van der Waals surface area contributed by atoms with Crippen LogP contribution in [0.25, 0.3) is 0 Å². The summed E-state index contributed by atoms with van der Waals surface area (Å²) in [6.07, 6.45) is 8.13. The van der Waals surface area contributed by atoms with Crippen LogP contribution in [0.15, 0.2) is 24.5 Å². The minimum atomic E-state index is -0.403. The first-order valence-electron chi connectivity index (χ1n) is 8.88. The van der Waals surface area contributed by atoms with Crippen LogP contribution in [0.5, 0.6) is 0 Å². The van der Waals surface area contributed by atoms with Gasteiger partial charge >= 0.3 is 6.09 Å². The molecule has 0 N–H and O–H groups in total. The largest absolute Gasteiger partial charge is 0.444 e. The quantitative estimate of drug-likeness (QED) is 0.714. The number of amides is 1. The summed E-state index contributed by atoms with van der Waals surface area (Å²) in [4.78, 5) is 18.0. The summed E-state index contributed by atoms with van der Waals surface area (Å²) >= 11 is 2.03. The van der Waals surface area contributed by atoms with Gasteiger partial charge in [0.15, 0.2) is 0 Å². The smallest absolute Gasteiger partial charge is 0.410 e. The van der Waals surface area contributed by atoms with Gasteiger partial charge < -0.3 is 9.64 Å². The zero-order valence-corrected chi connectivity index (χ0v) is 16.0. The Morgan fingerprint density at radius 3 is 2.54 bits per heavy atom. The molecular weight excluding hydrogens is 320 g/mol. The standard InChI is InChI=1S/C19H30N2O2S/c1-19(2,3)23-18(22)21-12-6-17(7-13-21)9-15-24-14-8-16-4-10-20-11-5-16/h4-5,10-11,17H,6-9,12-15H2,1-3H3. The fourth-order valence-corrected chi connectivity index (χ4v) is 3.91. The first kappa shape index (κ1) is 19.1. The summed E-state index contributed by atoms with van der Waals surface area (Å²) in [7, 11) is 0. The molecule has 2 heterocycles. The van der Waals surface area contributed by atoms with Crippen molar-refractivity contribution in [3.05, 3.63) is 30.1 Å². The number of ether oxygens (including phenoxy) is 1. The molecule has 0 saturated carbocycles. The molecule has 134 valence electrons. The number of pyridine rings is 1. The lowest BCUT2D eigenvalue weighted by Crippen LogP contribution is -2.41. The van der Waals surface area contributed by atoms with Crippen LogP contribution in [0, 0.1) is 5.92 Å². The number of hydrogen-bond acceptors (Lipinski definition) is 4. The number of aromatic nitrogens is 1. The average Bonchev–Trinajstić information content (AvgIpc) is 2.54. The third-order valence-corrected chi connectivity index (χ3v) is 5.24. The van der Waals surface area contributed by atoms with E-state index in [-0.39, 0.29) is 6.09 Å². The van der Waals surface area contributed by atoms with Gasteiger partial charge in [-0.1, -0.05) is 0 Å². The number of carbonyl (C=O) groups is 1. The summed E-state index contributed by atoms with van der Waals surface area (Å²) in [6.45, 7) is 7.42. The summed E-state index contributed by atoms with van der Waals surface area (Å²) in [5.41, 5.74) is 0.961. The molecule has 0 spiro atoms. The van der Waals surface area contributed by atoms with Gasteiger partial charge in [0.2, 0.25) is 0 Å². The number of piperidine rings is 1. The van der Waals surface area contributed by atoms with E-state index in [0.29, 0.717) is 0 Å². The second-order valence-corrected chi connectivity index (χ2v) is 8.64. The van der Waals surface area contributed by atoms with Gasteiger partial charge in [-0.3, -0.25) is 4.98 Å². The minimum absolute atomic E-state index is 0.160. The predicted octanol–water partition coefficient (Wildman–Crippen LogP) is 4.39. The van der Waals surface area contributed by atoms with Crippen LogP contribution in [0.1, 0.15) is 45.6 Å². The summed E-state index contributed by atoms with van der Waals surface area (Å²) < 4.78 is 5.45. The Morgan fingerprint density at radius 1 is 1.25 bits per heavy atom. The third kappa shape index (κ3) is 7.12. The Labute approximate surface area is 150 Å². The number of rotatable bonds is 6. The Balaban J connectivity index is 1.56. The number of hydrogen-bond donors (Lipinski definition) is 0. The van der Waals surface area contributed by atoms with Crippen molar-refractivity contribution >= 4 is 17.9 Å². The van der Waals surface area contributed by atoms with Crippen LogP contribution in [-0.4, -0.2) is 46.2 Å². The molecule has 2 rings (SSSR count). The Hall–Kier alpha value is -1.23. The van der Waals surface area contributed by atoms with Crippen LogP contribution in [0.3, 0.4) is 0 Å². The maximum atomic E-state index is 12.0. The molecule has 24 heavy (non-hydrogen) atoms. The molecule has 0 unspecified atom stereocenters. The van der Waals surface area contributed by atoms with Crippen molar-refractivity contribution in [3.63, 3.8) is 0 Å². The highest BCUT2D eigenvalue weighted by atomic mass is 32.2. The molecular formula is C19H30N2O2S. The monoisotopic (exact) mass is 350 g/mol. The molecule has 0 atom stereocenters. The minimum Gasteiger partial charge on any atom is -0.444 e. The molecule has 1 aromatic rings. The number of nitrogens with zero attached hydrogens (tertiary/aromatic N) is 2.